The summed E-state index contributed by atoms with van der Waals surface area (Å²) in [4.78, 5) is 0. The number of benzene rings is 2. The van der Waals surface area contributed by atoms with Gasteiger partial charge >= 0.3 is 6.18 Å². The maximum atomic E-state index is 12.4. The third-order valence-corrected chi connectivity index (χ3v) is 3.15. The van der Waals surface area contributed by atoms with Gasteiger partial charge in [0.2, 0.25) is 0 Å². The Hall–Kier alpha value is -1.49. The zero-order valence-electron chi connectivity index (χ0n) is 9.84. The molecule has 0 aliphatic rings. The summed E-state index contributed by atoms with van der Waals surface area (Å²) in [7, 11) is 0. The number of rotatable bonds is 3. The van der Waals surface area contributed by atoms with Crippen LogP contribution in [-0.2, 0) is 12.7 Å². The van der Waals surface area contributed by atoms with E-state index >= 15 is 0 Å². The van der Waals surface area contributed by atoms with E-state index < -0.39 is 11.7 Å². The lowest BCUT2D eigenvalue weighted by molar-refractivity contribution is -0.137. The van der Waals surface area contributed by atoms with E-state index in [1.165, 1.54) is 12.1 Å². The Morgan fingerprint density at radius 3 is 2.00 bits per heavy atom. The summed E-state index contributed by atoms with van der Waals surface area (Å²) in [5.74, 6) is 0. The van der Waals surface area contributed by atoms with Gasteiger partial charge in [0.25, 0.3) is 0 Å². The molecule has 0 amide bonds. The van der Waals surface area contributed by atoms with Crippen molar-refractivity contribution in [2.24, 2.45) is 0 Å². The molecule has 5 heteroatoms. The van der Waals surface area contributed by atoms with Gasteiger partial charge in [0.05, 0.1) is 5.56 Å². The third kappa shape index (κ3) is 3.99. The highest BCUT2D eigenvalue weighted by atomic mass is 79.9. The van der Waals surface area contributed by atoms with Crippen LogP contribution in [0.25, 0.3) is 0 Å². The molecule has 1 nitrogen and oxygen atoms in total. The van der Waals surface area contributed by atoms with E-state index in [0.29, 0.717) is 12.2 Å². The van der Waals surface area contributed by atoms with Crippen LogP contribution in [0.5, 0.6) is 0 Å². The Labute approximate surface area is 117 Å². The monoisotopic (exact) mass is 329 g/mol. The molecule has 2 aromatic rings. The first kappa shape index (κ1) is 13.9. The van der Waals surface area contributed by atoms with Crippen molar-refractivity contribution in [2.75, 3.05) is 5.32 Å². The largest absolute Gasteiger partial charge is 0.416 e. The van der Waals surface area contributed by atoms with Crippen molar-refractivity contribution in [1.29, 1.82) is 0 Å². The second kappa shape index (κ2) is 5.65. The summed E-state index contributed by atoms with van der Waals surface area (Å²) >= 11 is 3.34. The fourth-order valence-corrected chi connectivity index (χ4v) is 1.85. The highest BCUT2D eigenvalue weighted by molar-refractivity contribution is 9.10. The SMILES string of the molecule is FC(F)(F)c1ccc(NCc2ccc(Br)cc2)cc1. The molecular weight excluding hydrogens is 319 g/mol. The average Bonchev–Trinajstić information content (AvgIpc) is 2.37. The van der Waals surface area contributed by atoms with Gasteiger partial charge in [0.1, 0.15) is 0 Å². The van der Waals surface area contributed by atoms with Gasteiger partial charge in [0.15, 0.2) is 0 Å². The maximum Gasteiger partial charge on any atom is 0.416 e. The van der Waals surface area contributed by atoms with Crippen molar-refractivity contribution >= 4 is 21.6 Å². The average molecular weight is 330 g/mol. The normalized spacial score (nSPS) is 11.4. The molecule has 0 unspecified atom stereocenters. The lowest BCUT2D eigenvalue weighted by Crippen LogP contribution is -2.05. The maximum absolute atomic E-state index is 12.4. The molecule has 0 saturated heterocycles. The van der Waals surface area contributed by atoms with Crippen LogP contribution in [0.4, 0.5) is 18.9 Å². The molecule has 19 heavy (non-hydrogen) atoms. The molecule has 0 saturated carbocycles. The van der Waals surface area contributed by atoms with Crippen LogP contribution < -0.4 is 5.32 Å². The van der Waals surface area contributed by atoms with Gasteiger partial charge in [-0.25, -0.2) is 0 Å². The zero-order chi connectivity index (χ0) is 13.9. The molecule has 100 valence electrons. The molecule has 0 aliphatic heterocycles. The van der Waals surface area contributed by atoms with Gasteiger partial charge in [-0.3, -0.25) is 0 Å². The van der Waals surface area contributed by atoms with E-state index in [1.54, 1.807) is 0 Å². The number of alkyl halides is 3. The molecule has 0 spiro atoms. The first-order valence-electron chi connectivity index (χ1n) is 5.61. The zero-order valence-corrected chi connectivity index (χ0v) is 11.4. The molecular formula is C14H11BrF3N. The summed E-state index contributed by atoms with van der Waals surface area (Å²) in [5, 5.41) is 3.08. The molecule has 2 rings (SSSR count). The quantitative estimate of drug-likeness (QED) is 0.827. The molecule has 2 aromatic carbocycles. The standard InChI is InChI=1S/C14H11BrF3N/c15-12-5-1-10(2-6-12)9-19-13-7-3-11(4-8-13)14(16,17)18/h1-8,19H,9H2. The summed E-state index contributed by atoms with van der Waals surface area (Å²) in [5.41, 5.74) is 1.08. The molecule has 0 aliphatic carbocycles. The highest BCUT2D eigenvalue weighted by Gasteiger charge is 2.29. The molecule has 1 N–H and O–H groups in total. The van der Waals surface area contributed by atoms with Gasteiger partial charge < -0.3 is 5.32 Å². The Morgan fingerprint density at radius 1 is 0.895 bits per heavy atom. The molecule has 0 bridgehead atoms. The fourth-order valence-electron chi connectivity index (χ4n) is 1.58. The van der Waals surface area contributed by atoms with Crippen LogP contribution in [0.2, 0.25) is 0 Å². The number of hydrogen-bond donors (Lipinski definition) is 1. The number of halogens is 4. The van der Waals surface area contributed by atoms with Crippen molar-refractivity contribution in [3.05, 3.63) is 64.1 Å². The Balaban J connectivity index is 1.98. The van der Waals surface area contributed by atoms with Crippen LogP contribution in [0, 0.1) is 0 Å². The van der Waals surface area contributed by atoms with Gasteiger partial charge in [-0.05, 0) is 42.0 Å². The van der Waals surface area contributed by atoms with Crippen LogP contribution in [-0.4, -0.2) is 0 Å². The molecule has 0 radical (unpaired) electrons. The summed E-state index contributed by atoms with van der Waals surface area (Å²) in [6, 6.07) is 12.7. The topological polar surface area (TPSA) is 12.0 Å². The van der Waals surface area contributed by atoms with Crippen molar-refractivity contribution < 1.29 is 13.2 Å². The van der Waals surface area contributed by atoms with Crippen molar-refractivity contribution in [3.8, 4) is 0 Å². The Kier molecular flexibility index (Phi) is 4.14. The van der Waals surface area contributed by atoms with Crippen molar-refractivity contribution in [2.45, 2.75) is 12.7 Å². The van der Waals surface area contributed by atoms with Crippen molar-refractivity contribution in [1.82, 2.24) is 0 Å². The molecule has 0 atom stereocenters. The van der Waals surface area contributed by atoms with Gasteiger partial charge in [-0.1, -0.05) is 28.1 Å². The second-order valence-corrected chi connectivity index (χ2v) is 4.97. The van der Waals surface area contributed by atoms with E-state index in [9.17, 15) is 13.2 Å². The fraction of sp³-hybridized carbons (Fsp3) is 0.143. The third-order valence-electron chi connectivity index (χ3n) is 2.62. The number of nitrogens with one attached hydrogen (secondary N) is 1. The van der Waals surface area contributed by atoms with Crippen LogP contribution in [0.3, 0.4) is 0 Å². The first-order chi connectivity index (χ1) is 8.95. The minimum atomic E-state index is -4.29. The molecule has 0 heterocycles. The summed E-state index contributed by atoms with van der Waals surface area (Å²) < 4.78 is 38.1. The summed E-state index contributed by atoms with van der Waals surface area (Å²) in [6.07, 6.45) is -4.29. The van der Waals surface area contributed by atoms with E-state index in [4.69, 9.17) is 0 Å². The minimum Gasteiger partial charge on any atom is -0.381 e. The second-order valence-electron chi connectivity index (χ2n) is 4.06. The molecule has 0 aromatic heterocycles. The Bertz CT molecular complexity index is 532. The summed E-state index contributed by atoms with van der Waals surface area (Å²) in [6.45, 7) is 0.568. The lowest BCUT2D eigenvalue weighted by atomic mass is 10.2. The van der Waals surface area contributed by atoms with Gasteiger partial charge in [-0.15, -0.1) is 0 Å². The van der Waals surface area contributed by atoms with Crippen molar-refractivity contribution in [3.63, 3.8) is 0 Å². The molecule has 0 fully saturated rings. The predicted molar refractivity (Wildman–Crippen MR) is 72.9 cm³/mol. The van der Waals surface area contributed by atoms with E-state index in [0.717, 1.165) is 22.2 Å². The van der Waals surface area contributed by atoms with Gasteiger partial charge in [0, 0.05) is 16.7 Å². The van der Waals surface area contributed by atoms with Crippen LogP contribution in [0.1, 0.15) is 11.1 Å². The minimum absolute atomic E-state index is 0.568. The van der Waals surface area contributed by atoms with E-state index in [2.05, 4.69) is 21.2 Å². The lowest BCUT2D eigenvalue weighted by Gasteiger charge is -2.09. The van der Waals surface area contributed by atoms with E-state index in [-0.39, 0.29) is 0 Å². The number of hydrogen-bond acceptors (Lipinski definition) is 1. The highest BCUT2D eigenvalue weighted by Crippen LogP contribution is 2.29. The Morgan fingerprint density at radius 2 is 1.47 bits per heavy atom. The van der Waals surface area contributed by atoms with Crippen LogP contribution in [0.15, 0.2) is 53.0 Å². The smallest absolute Gasteiger partial charge is 0.381 e. The number of anilines is 1. The predicted octanol–water partition coefficient (Wildman–Crippen LogP) is 5.08. The van der Waals surface area contributed by atoms with E-state index in [1.807, 2.05) is 24.3 Å². The van der Waals surface area contributed by atoms with Gasteiger partial charge in [-0.2, -0.15) is 13.2 Å². The van der Waals surface area contributed by atoms with Crippen LogP contribution >= 0.6 is 15.9 Å². The first-order valence-corrected chi connectivity index (χ1v) is 6.40.